The number of fused-ring (bicyclic) bond motifs is 1. The zero-order valence-corrected chi connectivity index (χ0v) is 10.7. The maximum absolute atomic E-state index is 11.1. The van der Waals surface area contributed by atoms with Crippen LogP contribution in [-0.4, -0.2) is 29.9 Å². The van der Waals surface area contributed by atoms with Crippen LogP contribution in [0.5, 0.6) is 11.5 Å². The Labute approximate surface area is 115 Å². The molecule has 0 radical (unpaired) electrons. The molecule has 1 aliphatic rings. The molecule has 2 N–H and O–H groups in total. The van der Waals surface area contributed by atoms with Crippen LogP contribution in [0, 0.1) is 0 Å². The number of pyridine rings is 1. The zero-order valence-electron chi connectivity index (χ0n) is 10.7. The van der Waals surface area contributed by atoms with Crippen LogP contribution >= 0.6 is 0 Å². The molecule has 0 atom stereocenters. The molecular weight excluding hydrogens is 260 g/mol. The molecule has 2 aromatic rings. The molecule has 0 amide bonds. The van der Waals surface area contributed by atoms with Crippen molar-refractivity contribution in [2.75, 3.05) is 19.2 Å². The average Bonchev–Trinajstić information content (AvgIpc) is 2.93. The molecule has 0 saturated carbocycles. The number of nitrogens with one attached hydrogen (secondary N) is 1. The first kappa shape index (κ1) is 12.3. The first-order valence-corrected chi connectivity index (χ1v) is 6.01. The first-order chi connectivity index (χ1) is 9.69. The molecule has 0 bridgehead atoms. The van der Waals surface area contributed by atoms with E-state index in [-0.39, 0.29) is 12.4 Å². The molecule has 6 heteroatoms. The summed E-state index contributed by atoms with van der Waals surface area (Å²) in [4.78, 5) is 15.4. The Morgan fingerprint density at radius 1 is 1.25 bits per heavy atom. The fourth-order valence-electron chi connectivity index (χ4n) is 2.04. The fraction of sp³-hybridized carbons (Fsp3) is 0.143. The van der Waals surface area contributed by atoms with Gasteiger partial charge in [-0.2, -0.15) is 0 Å². The molecule has 0 saturated heterocycles. The highest BCUT2D eigenvalue weighted by Gasteiger charge is 2.16. The Balaban J connectivity index is 2.04. The van der Waals surface area contributed by atoms with Crippen molar-refractivity contribution in [3.05, 3.63) is 35.9 Å². The number of carboxylic acids is 1. The van der Waals surface area contributed by atoms with Crippen molar-refractivity contribution in [3.8, 4) is 22.8 Å². The van der Waals surface area contributed by atoms with Gasteiger partial charge in [0.2, 0.25) is 6.79 Å². The molecule has 6 nitrogen and oxygen atoms in total. The van der Waals surface area contributed by atoms with E-state index in [9.17, 15) is 4.79 Å². The molecule has 102 valence electrons. The lowest BCUT2D eigenvalue weighted by Gasteiger charge is -2.08. The van der Waals surface area contributed by atoms with Crippen molar-refractivity contribution in [2.24, 2.45) is 0 Å². The smallest absolute Gasteiger partial charge is 0.339 e. The molecule has 0 fully saturated rings. The number of anilines is 1. The number of aromatic nitrogens is 1. The van der Waals surface area contributed by atoms with Gasteiger partial charge in [-0.3, -0.25) is 0 Å². The maximum atomic E-state index is 11.1. The number of aromatic carboxylic acids is 1. The Morgan fingerprint density at radius 3 is 2.80 bits per heavy atom. The van der Waals surface area contributed by atoms with Gasteiger partial charge in [0.15, 0.2) is 11.5 Å². The van der Waals surface area contributed by atoms with Crippen LogP contribution in [0.15, 0.2) is 30.3 Å². The standard InChI is InChI=1S/C14H12N2O4/c1-15-13-9(14(17)18)3-4-10(16-13)8-2-5-11-12(6-8)20-7-19-11/h2-6H,7H2,1H3,(H,15,16)(H,17,18). The van der Waals surface area contributed by atoms with Gasteiger partial charge >= 0.3 is 5.97 Å². The molecule has 1 aromatic carbocycles. The second-order valence-corrected chi connectivity index (χ2v) is 4.22. The van der Waals surface area contributed by atoms with Gasteiger partial charge in [0.05, 0.1) is 5.69 Å². The van der Waals surface area contributed by atoms with E-state index in [1.165, 1.54) is 6.07 Å². The van der Waals surface area contributed by atoms with Gasteiger partial charge in [-0.1, -0.05) is 0 Å². The van der Waals surface area contributed by atoms with Crippen LogP contribution in [0.4, 0.5) is 5.82 Å². The molecule has 20 heavy (non-hydrogen) atoms. The number of ether oxygens (including phenoxy) is 2. The SMILES string of the molecule is CNc1nc(-c2ccc3c(c2)OCO3)ccc1C(=O)O. The van der Waals surface area contributed by atoms with Crippen molar-refractivity contribution in [1.82, 2.24) is 4.98 Å². The van der Waals surface area contributed by atoms with E-state index in [1.807, 2.05) is 18.2 Å². The summed E-state index contributed by atoms with van der Waals surface area (Å²) < 4.78 is 10.6. The molecule has 1 aromatic heterocycles. The van der Waals surface area contributed by atoms with Crippen LogP contribution < -0.4 is 14.8 Å². The molecular formula is C14H12N2O4. The highest BCUT2D eigenvalue weighted by Crippen LogP contribution is 2.35. The molecule has 0 spiro atoms. The van der Waals surface area contributed by atoms with E-state index in [1.54, 1.807) is 13.1 Å². The van der Waals surface area contributed by atoms with E-state index in [0.717, 1.165) is 5.56 Å². The van der Waals surface area contributed by atoms with Gasteiger partial charge in [0.25, 0.3) is 0 Å². The van der Waals surface area contributed by atoms with E-state index in [2.05, 4.69) is 10.3 Å². The van der Waals surface area contributed by atoms with Crippen LogP contribution in [0.25, 0.3) is 11.3 Å². The number of nitrogens with zero attached hydrogens (tertiary/aromatic N) is 1. The van der Waals surface area contributed by atoms with Crippen molar-refractivity contribution in [1.29, 1.82) is 0 Å². The van der Waals surface area contributed by atoms with Crippen molar-refractivity contribution in [3.63, 3.8) is 0 Å². The summed E-state index contributed by atoms with van der Waals surface area (Å²) in [6.45, 7) is 0.214. The summed E-state index contributed by atoms with van der Waals surface area (Å²) in [5.74, 6) is 0.675. The minimum absolute atomic E-state index is 0.136. The Morgan fingerprint density at radius 2 is 2.05 bits per heavy atom. The third kappa shape index (κ3) is 2.01. The Bertz CT molecular complexity index is 685. The van der Waals surface area contributed by atoms with Crippen molar-refractivity contribution < 1.29 is 19.4 Å². The van der Waals surface area contributed by atoms with E-state index in [4.69, 9.17) is 14.6 Å². The Kier molecular flexibility index (Phi) is 2.90. The lowest BCUT2D eigenvalue weighted by Crippen LogP contribution is -2.05. The van der Waals surface area contributed by atoms with Crippen LogP contribution in [0.3, 0.4) is 0 Å². The maximum Gasteiger partial charge on any atom is 0.339 e. The van der Waals surface area contributed by atoms with Gasteiger partial charge < -0.3 is 19.9 Å². The second-order valence-electron chi connectivity index (χ2n) is 4.22. The number of benzene rings is 1. The quantitative estimate of drug-likeness (QED) is 0.891. The van der Waals surface area contributed by atoms with Gasteiger partial charge in [-0.25, -0.2) is 9.78 Å². The van der Waals surface area contributed by atoms with Gasteiger partial charge in [-0.05, 0) is 30.3 Å². The number of carboxylic acid groups (broad SMARTS) is 1. The molecule has 0 unspecified atom stereocenters. The lowest BCUT2D eigenvalue weighted by molar-refractivity contribution is 0.0697. The van der Waals surface area contributed by atoms with Gasteiger partial charge in [-0.15, -0.1) is 0 Å². The topological polar surface area (TPSA) is 80.7 Å². The van der Waals surface area contributed by atoms with Gasteiger partial charge in [0, 0.05) is 12.6 Å². The molecule has 2 heterocycles. The van der Waals surface area contributed by atoms with Gasteiger partial charge in [0.1, 0.15) is 11.4 Å². The summed E-state index contributed by atoms with van der Waals surface area (Å²) >= 11 is 0. The largest absolute Gasteiger partial charge is 0.478 e. The fourth-order valence-corrected chi connectivity index (χ4v) is 2.04. The van der Waals surface area contributed by atoms with E-state index in [0.29, 0.717) is 23.0 Å². The summed E-state index contributed by atoms with van der Waals surface area (Å²) in [7, 11) is 1.64. The number of carbonyl (C=O) groups is 1. The highest BCUT2D eigenvalue weighted by atomic mass is 16.7. The van der Waals surface area contributed by atoms with Crippen molar-refractivity contribution >= 4 is 11.8 Å². The van der Waals surface area contributed by atoms with E-state index < -0.39 is 5.97 Å². The predicted molar refractivity (Wildman–Crippen MR) is 72.3 cm³/mol. The molecule has 0 aliphatic carbocycles. The normalized spacial score (nSPS) is 12.2. The third-order valence-corrected chi connectivity index (χ3v) is 3.03. The van der Waals surface area contributed by atoms with E-state index >= 15 is 0 Å². The molecule has 1 aliphatic heterocycles. The third-order valence-electron chi connectivity index (χ3n) is 3.03. The summed E-state index contributed by atoms with van der Waals surface area (Å²) in [6.07, 6.45) is 0. The van der Waals surface area contributed by atoms with Crippen molar-refractivity contribution in [2.45, 2.75) is 0 Å². The average molecular weight is 272 g/mol. The lowest BCUT2D eigenvalue weighted by atomic mass is 10.1. The summed E-state index contributed by atoms with van der Waals surface area (Å²) in [5.41, 5.74) is 1.64. The predicted octanol–water partition coefficient (Wildman–Crippen LogP) is 2.22. The van der Waals surface area contributed by atoms with Crippen LogP contribution in [0.2, 0.25) is 0 Å². The Hall–Kier alpha value is -2.76. The summed E-state index contributed by atoms with van der Waals surface area (Å²) in [5, 5.41) is 11.9. The molecule has 3 rings (SSSR count). The number of hydrogen-bond donors (Lipinski definition) is 2. The summed E-state index contributed by atoms with van der Waals surface area (Å²) in [6, 6.07) is 8.69. The zero-order chi connectivity index (χ0) is 14.1. The van der Waals surface area contributed by atoms with Crippen LogP contribution in [-0.2, 0) is 0 Å². The second kappa shape index (κ2) is 4.73. The number of hydrogen-bond acceptors (Lipinski definition) is 5. The minimum atomic E-state index is -1.01. The highest BCUT2D eigenvalue weighted by molar-refractivity contribution is 5.93. The minimum Gasteiger partial charge on any atom is -0.478 e. The number of rotatable bonds is 3. The monoisotopic (exact) mass is 272 g/mol. The first-order valence-electron chi connectivity index (χ1n) is 6.01. The van der Waals surface area contributed by atoms with Crippen LogP contribution in [0.1, 0.15) is 10.4 Å².